The summed E-state index contributed by atoms with van der Waals surface area (Å²) in [4.78, 5) is 46.2. The average molecular weight is 654 g/mol. The van der Waals surface area contributed by atoms with E-state index in [9.17, 15) is 9.59 Å². The van der Waals surface area contributed by atoms with Gasteiger partial charge in [-0.3, -0.25) is 24.4 Å². The van der Waals surface area contributed by atoms with Gasteiger partial charge in [0.2, 0.25) is 5.91 Å². The molecule has 0 bridgehead atoms. The van der Waals surface area contributed by atoms with Crippen LogP contribution in [-0.2, 0) is 15.1 Å². The molecular formula is C37H47N7O4. The van der Waals surface area contributed by atoms with Crippen molar-refractivity contribution >= 4 is 17.6 Å². The number of aryl methyl sites for hydroxylation is 3. The number of benzene rings is 1. The predicted octanol–water partition coefficient (Wildman–Crippen LogP) is 4.55. The molecule has 11 heteroatoms. The zero-order chi connectivity index (χ0) is 34.2. The first-order valence-corrected chi connectivity index (χ1v) is 16.8. The van der Waals surface area contributed by atoms with E-state index >= 15 is 0 Å². The molecule has 1 aliphatic carbocycles. The first kappa shape index (κ1) is 33.7. The fourth-order valence-electron chi connectivity index (χ4n) is 6.66. The summed E-state index contributed by atoms with van der Waals surface area (Å²) in [7, 11) is 4.06. The van der Waals surface area contributed by atoms with Crippen LogP contribution in [0.25, 0.3) is 0 Å². The van der Waals surface area contributed by atoms with Gasteiger partial charge in [-0.05, 0) is 96.0 Å². The van der Waals surface area contributed by atoms with Gasteiger partial charge in [-0.2, -0.15) is 0 Å². The van der Waals surface area contributed by atoms with Gasteiger partial charge in [0.1, 0.15) is 17.4 Å². The Balaban J connectivity index is 1.35. The molecule has 0 unspecified atom stereocenters. The number of aromatic nitrogens is 3. The van der Waals surface area contributed by atoms with Crippen molar-refractivity contribution in [2.24, 2.45) is 0 Å². The maximum Gasteiger partial charge on any atom is 0.257 e. The lowest BCUT2D eigenvalue weighted by Crippen LogP contribution is -2.57. The molecule has 1 N–H and O–H groups in total. The Morgan fingerprint density at radius 3 is 2.50 bits per heavy atom. The molecule has 3 aromatic rings. The maximum absolute atomic E-state index is 13.8. The van der Waals surface area contributed by atoms with Crippen molar-refractivity contribution in [1.82, 2.24) is 29.7 Å². The zero-order valence-electron chi connectivity index (χ0n) is 29.0. The number of ether oxygens (including phenoxy) is 2. The van der Waals surface area contributed by atoms with Gasteiger partial charge in [0.25, 0.3) is 5.91 Å². The van der Waals surface area contributed by atoms with Crippen molar-refractivity contribution in [1.29, 1.82) is 0 Å². The number of likely N-dealkylation sites (N-methyl/N-ethyl adjacent to an activating group) is 1. The summed E-state index contributed by atoms with van der Waals surface area (Å²) in [5, 5.41) is 3.01. The summed E-state index contributed by atoms with van der Waals surface area (Å²) >= 11 is 0. The van der Waals surface area contributed by atoms with E-state index in [1.165, 1.54) is 24.5 Å². The molecule has 2 atom stereocenters. The smallest absolute Gasteiger partial charge is 0.257 e. The minimum Gasteiger partial charge on any atom is -0.482 e. The van der Waals surface area contributed by atoms with Crippen LogP contribution in [0.1, 0.15) is 75.9 Å². The lowest BCUT2D eigenvalue weighted by molar-refractivity contribution is -0.131. The average Bonchev–Trinajstić information content (AvgIpc) is 3.88. The SMILES string of the molecule is C=CC(=O)N1CCN(C[C@@H](Oc2cc(C)c(C(=O)Nc3nc(C)ncc3C)cc2C2(N(C)C)COC2)c2ccc(C3CC3)cn2)C[C@H]1C. The molecule has 3 aliphatic rings. The van der Waals surface area contributed by atoms with Gasteiger partial charge >= 0.3 is 0 Å². The number of hydrogen-bond acceptors (Lipinski definition) is 9. The molecule has 1 aromatic carbocycles. The Kier molecular flexibility index (Phi) is 9.64. The highest BCUT2D eigenvalue weighted by Crippen LogP contribution is 2.43. The van der Waals surface area contributed by atoms with E-state index in [1.54, 1.807) is 13.1 Å². The number of amides is 2. The third-order valence-electron chi connectivity index (χ3n) is 9.98. The first-order valence-electron chi connectivity index (χ1n) is 16.8. The van der Waals surface area contributed by atoms with Crippen molar-refractivity contribution in [3.8, 4) is 5.75 Å². The fraction of sp³-hybridized carbons (Fsp3) is 0.486. The molecule has 0 spiro atoms. The molecule has 2 amide bonds. The summed E-state index contributed by atoms with van der Waals surface area (Å²) in [6, 6.07) is 8.23. The quantitative estimate of drug-likeness (QED) is 0.298. The number of hydrogen-bond donors (Lipinski definition) is 1. The number of piperazine rings is 1. The molecule has 6 rings (SSSR count). The second-order valence-electron chi connectivity index (χ2n) is 13.7. The minimum absolute atomic E-state index is 0.0390. The van der Waals surface area contributed by atoms with E-state index in [0.717, 1.165) is 22.4 Å². The van der Waals surface area contributed by atoms with Gasteiger partial charge in [-0.15, -0.1) is 0 Å². The zero-order valence-corrected chi connectivity index (χ0v) is 29.0. The van der Waals surface area contributed by atoms with Crippen LogP contribution in [0.3, 0.4) is 0 Å². The van der Waals surface area contributed by atoms with Gasteiger partial charge in [-0.25, -0.2) is 9.97 Å². The molecule has 254 valence electrons. The van der Waals surface area contributed by atoms with Gasteiger partial charge in [0, 0.05) is 61.3 Å². The van der Waals surface area contributed by atoms with E-state index in [2.05, 4.69) is 50.7 Å². The third-order valence-corrected chi connectivity index (χ3v) is 9.98. The van der Waals surface area contributed by atoms with Crippen molar-refractivity contribution in [3.63, 3.8) is 0 Å². The molecule has 2 aliphatic heterocycles. The van der Waals surface area contributed by atoms with Crippen LogP contribution in [0.15, 0.2) is 49.3 Å². The maximum atomic E-state index is 13.8. The van der Waals surface area contributed by atoms with E-state index in [1.807, 2.05) is 51.2 Å². The van der Waals surface area contributed by atoms with Crippen molar-refractivity contribution in [2.75, 3.05) is 58.8 Å². The summed E-state index contributed by atoms with van der Waals surface area (Å²) < 4.78 is 12.8. The first-order chi connectivity index (χ1) is 23.0. The lowest BCUT2D eigenvalue weighted by atomic mass is 9.84. The Hall–Kier alpha value is -4.19. The number of anilines is 1. The number of pyridine rings is 1. The van der Waals surface area contributed by atoms with Crippen LogP contribution >= 0.6 is 0 Å². The van der Waals surface area contributed by atoms with Crippen molar-refractivity contribution < 1.29 is 19.1 Å². The molecule has 2 aromatic heterocycles. The molecular weight excluding hydrogens is 606 g/mol. The van der Waals surface area contributed by atoms with E-state index in [-0.39, 0.29) is 17.9 Å². The highest BCUT2D eigenvalue weighted by atomic mass is 16.5. The van der Waals surface area contributed by atoms with Crippen molar-refractivity contribution in [3.05, 3.63) is 88.6 Å². The largest absolute Gasteiger partial charge is 0.482 e. The summed E-state index contributed by atoms with van der Waals surface area (Å²) in [6.07, 6.45) is 7.11. The van der Waals surface area contributed by atoms with Gasteiger partial charge in [0.05, 0.1) is 24.4 Å². The van der Waals surface area contributed by atoms with E-state index in [0.29, 0.717) is 68.3 Å². The highest BCUT2D eigenvalue weighted by Gasteiger charge is 2.45. The van der Waals surface area contributed by atoms with Gasteiger partial charge in [-0.1, -0.05) is 12.6 Å². The molecule has 3 fully saturated rings. The van der Waals surface area contributed by atoms with Crippen LogP contribution in [0, 0.1) is 20.8 Å². The van der Waals surface area contributed by atoms with E-state index < -0.39 is 11.6 Å². The van der Waals surface area contributed by atoms with Crippen LogP contribution in [0.2, 0.25) is 0 Å². The third kappa shape index (κ3) is 6.85. The number of nitrogens with one attached hydrogen (secondary N) is 1. The van der Waals surface area contributed by atoms with Crippen molar-refractivity contribution in [2.45, 2.75) is 64.1 Å². The summed E-state index contributed by atoms with van der Waals surface area (Å²) in [5.41, 5.74) is 4.64. The predicted molar refractivity (Wildman–Crippen MR) is 184 cm³/mol. The number of nitrogens with zero attached hydrogens (tertiary/aromatic N) is 6. The highest BCUT2D eigenvalue weighted by molar-refractivity contribution is 6.05. The Bertz CT molecular complexity index is 1680. The molecule has 11 nitrogen and oxygen atoms in total. The van der Waals surface area contributed by atoms with Gasteiger partial charge in [0.15, 0.2) is 6.10 Å². The number of rotatable bonds is 11. The number of carbonyl (C=O) groups excluding carboxylic acids is 2. The summed E-state index contributed by atoms with van der Waals surface area (Å²) in [5.74, 6) is 2.09. The normalized spacial score (nSPS) is 19.8. The Labute approximate surface area is 283 Å². The van der Waals surface area contributed by atoms with Crippen LogP contribution < -0.4 is 10.1 Å². The number of carbonyl (C=O) groups is 2. The van der Waals surface area contributed by atoms with Crippen LogP contribution in [0.5, 0.6) is 5.75 Å². The topological polar surface area (TPSA) is 113 Å². The molecule has 4 heterocycles. The van der Waals surface area contributed by atoms with Crippen LogP contribution in [0.4, 0.5) is 5.82 Å². The molecule has 0 radical (unpaired) electrons. The van der Waals surface area contributed by atoms with Crippen LogP contribution in [-0.4, -0.2) is 101 Å². The molecule has 1 saturated carbocycles. The molecule has 2 saturated heterocycles. The van der Waals surface area contributed by atoms with Gasteiger partial charge < -0.3 is 19.7 Å². The Morgan fingerprint density at radius 1 is 1.12 bits per heavy atom. The molecule has 48 heavy (non-hydrogen) atoms. The Morgan fingerprint density at radius 2 is 1.90 bits per heavy atom. The lowest BCUT2D eigenvalue weighted by Gasteiger charge is -2.48. The fourth-order valence-corrected chi connectivity index (χ4v) is 6.66. The monoisotopic (exact) mass is 653 g/mol. The van der Waals surface area contributed by atoms with E-state index in [4.69, 9.17) is 14.5 Å². The second kappa shape index (κ2) is 13.7. The standard InChI is InChI=1S/C37H47N7O4/c1-8-34(45)44-14-13-43(19-25(44)4)20-33(31-12-11-28(18-39-31)27-9-10-27)48-32-15-23(2)29(16-30(32)37(42(6)7)21-47-22-37)36(46)41-35-24(3)17-38-26(5)40-35/h8,11-12,15-18,25,27,33H,1,9-10,13-14,19-22H2,2-7H3,(H,38,40,41,46)/t25-,33-/m1/s1. The second-order valence-corrected chi connectivity index (χ2v) is 13.7. The summed E-state index contributed by atoms with van der Waals surface area (Å²) in [6.45, 7) is 14.9. The minimum atomic E-state index is -0.474.